The third kappa shape index (κ3) is 4.63. The largest absolute Gasteiger partial charge is 0.370 e. The van der Waals surface area contributed by atoms with E-state index in [1.54, 1.807) is 20.8 Å². The second-order valence-corrected chi connectivity index (χ2v) is 9.33. The van der Waals surface area contributed by atoms with Crippen molar-refractivity contribution < 1.29 is 17.4 Å². The lowest BCUT2D eigenvalue weighted by atomic mass is 10.1. The fourth-order valence-electron chi connectivity index (χ4n) is 1.60. The smallest absolute Gasteiger partial charge is 0.280 e. The van der Waals surface area contributed by atoms with Crippen LogP contribution in [0, 0.1) is 6.92 Å². The van der Waals surface area contributed by atoms with Crippen LogP contribution in [0.1, 0.15) is 29.8 Å². The molecule has 4 N–H and O–H groups in total. The fraction of sp³-hybridized carbons (Fsp3) is 0.385. The van der Waals surface area contributed by atoms with Crippen LogP contribution < -0.4 is 11.5 Å². The van der Waals surface area contributed by atoms with Crippen molar-refractivity contribution in [3.05, 3.63) is 29.3 Å². The number of benzene rings is 1. The highest BCUT2D eigenvalue weighted by atomic mass is 32.3. The molecule has 0 aliphatic carbocycles. The highest BCUT2D eigenvalue weighted by molar-refractivity contribution is 8.05. The van der Waals surface area contributed by atoms with Gasteiger partial charge in [0.15, 0.2) is 15.8 Å². The number of nitrogens with zero attached hydrogens (tertiary/aromatic N) is 1. The number of amides is 1. The third-order valence-corrected chi connectivity index (χ3v) is 7.01. The van der Waals surface area contributed by atoms with Crippen LogP contribution in [0.2, 0.25) is 0 Å². The summed E-state index contributed by atoms with van der Waals surface area (Å²) < 4.78 is 36.2. The number of rotatable bonds is 5. The molecular weight excluding hydrogens is 326 g/mol. The van der Waals surface area contributed by atoms with Gasteiger partial charge >= 0.3 is 0 Å². The van der Waals surface area contributed by atoms with Crippen molar-refractivity contribution in [1.29, 1.82) is 0 Å². The van der Waals surface area contributed by atoms with Crippen molar-refractivity contribution in [3.8, 4) is 0 Å². The van der Waals surface area contributed by atoms with Crippen LogP contribution in [0.5, 0.6) is 0 Å². The molecule has 1 rings (SSSR count). The van der Waals surface area contributed by atoms with Crippen molar-refractivity contribution in [1.82, 2.24) is 0 Å². The van der Waals surface area contributed by atoms with Gasteiger partial charge in [0.2, 0.25) is 0 Å². The Balaban J connectivity index is 3.15. The number of hydrogen-bond donors (Lipinski definition) is 2. The van der Waals surface area contributed by atoms with E-state index < -0.39 is 31.6 Å². The average Bonchev–Trinajstić information content (AvgIpc) is 2.36. The molecule has 1 amide bonds. The second kappa shape index (κ2) is 7.01. The van der Waals surface area contributed by atoms with Crippen LogP contribution in [0.3, 0.4) is 0 Å². The average molecular weight is 345 g/mol. The maximum Gasteiger partial charge on any atom is 0.280 e. The molecule has 0 aliphatic rings. The molecule has 7 nitrogen and oxygen atoms in total. The summed E-state index contributed by atoms with van der Waals surface area (Å²) in [6.07, 6.45) is 0. The first-order valence-electron chi connectivity index (χ1n) is 6.39. The summed E-state index contributed by atoms with van der Waals surface area (Å²) in [7, 11) is -5.17. The Morgan fingerprint density at radius 2 is 1.91 bits per heavy atom. The van der Waals surface area contributed by atoms with E-state index in [2.05, 4.69) is 4.99 Å². The normalized spacial score (nSPS) is 12.9. The first kappa shape index (κ1) is 18.3. The third-order valence-electron chi connectivity index (χ3n) is 2.82. The van der Waals surface area contributed by atoms with E-state index in [-0.39, 0.29) is 21.7 Å². The minimum absolute atomic E-state index is 0.0141. The number of aliphatic imine (C=N–C) groups is 1. The summed E-state index contributed by atoms with van der Waals surface area (Å²) >= 11 is 0. The predicted molar refractivity (Wildman–Crippen MR) is 86.7 cm³/mol. The topological polar surface area (TPSA) is 133 Å². The summed E-state index contributed by atoms with van der Waals surface area (Å²) in [5.41, 5.74) is 10.9. The summed E-state index contributed by atoms with van der Waals surface area (Å²) in [5.74, 6) is -1.01. The first-order chi connectivity index (χ1) is 10.0. The van der Waals surface area contributed by atoms with Crippen molar-refractivity contribution in [2.24, 2.45) is 16.5 Å². The van der Waals surface area contributed by atoms with Gasteiger partial charge in [0.25, 0.3) is 5.91 Å². The quantitative estimate of drug-likeness (QED) is 0.582. The lowest BCUT2D eigenvalue weighted by molar-refractivity contribution is 0.100. The molecule has 0 spiro atoms. The molecule has 1 unspecified atom stereocenters. The minimum atomic E-state index is -3.69. The number of carbonyl (C=O) groups is 1. The van der Waals surface area contributed by atoms with Gasteiger partial charge in [-0.3, -0.25) is 9.00 Å². The maximum atomic E-state index is 12.2. The Bertz CT molecular complexity index is 736. The molecule has 1 aromatic carbocycles. The molecule has 0 heterocycles. The van der Waals surface area contributed by atoms with E-state index >= 15 is 0 Å². The van der Waals surface area contributed by atoms with E-state index in [4.69, 9.17) is 11.5 Å². The molecule has 1 aromatic rings. The molecule has 0 aliphatic heterocycles. The van der Waals surface area contributed by atoms with Gasteiger partial charge in [-0.25, -0.2) is 8.42 Å². The lowest BCUT2D eigenvalue weighted by Gasteiger charge is -2.09. The van der Waals surface area contributed by atoms with E-state index in [1.807, 2.05) is 0 Å². The number of nitrogens with two attached hydrogens (primary N) is 2. The molecule has 0 saturated heterocycles. The number of guanidine groups is 1. The SMILES string of the molecule is Cc1cc(S(=O)(=O)CS(=O)C(C)C)ccc1C(=O)N=C(N)N. The molecule has 0 fully saturated rings. The van der Waals surface area contributed by atoms with Gasteiger partial charge in [-0.1, -0.05) is 13.8 Å². The van der Waals surface area contributed by atoms with Gasteiger partial charge in [-0.2, -0.15) is 4.99 Å². The van der Waals surface area contributed by atoms with Crippen LogP contribution in [0.15, 0.2) is 28.1 Å². The van der Waals surface area contributed by atoms with Crippen LogP contribution in [-0.2, 0) is 20.6 Å². The second-order valence-electron chi connectivity index (χ2n) is 4.98. The molecule has 0 aromatic heterocycles. The van der Waals surface area contributed by atoms with Gasteiger partial charge in [-0.15, -0.1) is 0 Å². The number of sulfone groups is 1. The lowest BCUT2D eigenvalue weighted by Crippen LogP contribution is -2.24. The molecule has 9 heteroatoms. The highest BCUT2D eigenvalue weighted by Crippen LogP contribution is 2.19. The van der Waals surface area contributed by atoms with Crippen LogP contribution in [0.4, 0.5) is 0 Å². The summed E-state index contributed by atoms with van der Waals surface area (Å²) in [6, 6.07) is 3.98. The van der Waals surface area contributed by atoms with E-state index in [9.17, 15) is 17.4 Å². The number of hydrogen-bond acceptors (Lipinski definition) is 4. The molecule has 0 radical (unpaired) electrons. The molecule has 22 heavy (non-hydrogen) atoms. The predicted octanol–water partition coefficient (Wildman–Crippen LogP) is 0.297. The van der Waals surface area contributed by atoms with E-state index in [0.717, 1.165) is 0 Å². The van der Waals surface area contributed by atoms with E-state index in [0.29, 0.717) is 5.56 Å². The van der Waals surface area contributed by atoms with Gasteiger partial charge in [-0.05, 0) is 30.7 Å². The van der Waals surface area contributed by atoms with Crippen molar-refractivity contribution in [3.63, 3.8) is 0 Å². The molecule has 0 saturated carbocycles. The van der Waals surface area contributed by atoms with Gasteiger partial charge in [0, 0.05) is 21.6 Å². The Kier molecular flexibility index (Phi) is 5.84. The molecular formula is C13H19N3O4S2. The summed E-state index contributed by atoms with van der Waals surface area (Å²) in [6.45, 7) is 4.95. The Labute approximate surface area is 132 Å². The molecule has 0 bridgehead atoms. The maximum absolute atomic E-state index is 12.2. The van der Waals surface area contributed by atoms with Crippen molar-refractivity contribution in [2.45, 2.75) is 30.9 Å². The van der Waals surface area contributed by atoms with Gasteiger partial charge in [0.05, 0.1) is 4.90 Å². The van der Waals surface area contributed by atoms with E-state index in [1.165, 1.54) is 18.2 Å². The minimum Gasteiger partial charge on any atom is -0.370 e. The Morgan fingerprint density at radius 1 is 1.32 bits per heavy atom. The number of aryl methyl sites for hydroxylation is 1. The van der Waals surface area contributed by atoms with Crippen LogP contribution in [0.25, 0.3) is 0 Å². The Hall–Kier alpha value is -1.74. The van der Waals surface area contributed by atoms with Crippen LogP contribution in [-0.4, -0.2) is 34.8 Å². The van der Waals surface area contributed by atoms with Crippen LogP contribution >= 0.6 is 0 Å². The first-order valence-corrected chi connectivity index (χ1v) is 9.42. The zero-order valence-electron chi connectivity index (χ0n) is 12.6. The monoisotopic (exact) mass is 345 g/mol. The summed E-state index contributed by atoms with van der Waals surface area (Å²) in [4.78, 5) is 15.2. The zero-order valence-corrected chi connectivity index (χ0v) is 14.2. The Morgan fingerprint density at radius 3 is 2.36 bits per heavy atom. The molecule has 1 atom stereocenters. The molecule has 122 valence electrons. The number of carbonyl (C=O) groups excluding carboxylic acids is 1. The van der Waals surface area contributed by atoms with Gasteiger partial charge < -0.3 is 11.5 Å². The summed E-state index contributed by atoms with van der Waals surface area (Å²) in [5, 5.41) is -0.704. The van der Waals surface area contributed by atoms with Crippen molar-refractivity contribution >= 4 is 32.5 Å². The highest BCUT2D eigenvalue weighted by Gasteiger charge is 2.21. The standard InChI is InChI=1S/C13H19N3O4S2/c1-8(2)21(18)7-22(19,20)10-4-5-11(9(3)6-10)12(17)16-13(14)15/h4-6,8H,7H2,1-3H3,(H4,14,15,16,17). The van der Waals surface area contributed by atoms with Crippen molar-refractivity contribution in [2.75, 3.05) is 5.08 Å². The zero-order chi connectivity index (χ0) is 17.1. The van der Waals surface area contributed by atoms with Gasteiger partial charge in [0.1, 0.15) is 5.08 Å². The fourth-order valence-corrected chi connectivity index (χ4v) is 5.09.